The van der Waals surface area contributed by atoms with Gasteiger partial charge in [-0.25, -0.2) is 13.8 Å². The molecule has 0 fully saturated rings. The van der Waals surface area contributed by atoms with Crippen molar-refractivity contribution in [2.24, 2.45) is 0 Å². The molecule has 0 amide bonds. The van der Waals surface area contributed by atoms with Crippen LogP contribution in [-0.4, -0.2) is 4.98 Å². The second kappa shape index (κ2) is 4.58. The minimum Gasteiger partial charge on any atom is -0.454 e. The van der Waals surface area contributed by atoms with Crippen molar-refractivity contribution in [3.63, 3.8) is 0 Å². The Balaban J connectivity index is 2.35. The van der Waals surface area contributed by atoms with E-state index in [-0.39, 0.29) is 17.2 Å². The Hall–Kier alpha value is -2.48. The summed E-state index contributed by atoms with van der Waals surface area (Å²) in [5.74, 6) is -1.36. The molecule has 5 heteroatoms. The Morgan fingerprint density at radius 3 is 2.53 bits per heavy atom. The molecule has 0 saturated heterocycles. The number of pyridine rings is 1. The maximum Gasteiger partial charge on any atom is 0.183 e. The zero-order chi connectivity index (χ0) is 12.3. The number of halogens is 2. The van der Waals surface area contributed by atoms with E-state index in [2.05, 4.69) is 4.98 Å². The second-order valence-electron chi connectivity index (χ2n) is 3.17. The van der Waals surface area contributed by atoms with Crippen LogP contribution in [0.3, 0.4) is 0 Å². The van der Waals surface area contributed by atoms with Crippen LogP contribution in [0.1, 0.15) is 5.69 Å². The van der Waals surface area contributed by atoms with E-state index in [9.17, 15) is 8.78 Å². The van der Waals surface area contributed by atoms with Crippen molar-refractivity contribution >= 4 is 0 Å². The molecule has 17 heavy (non-hydrogen) atoms. The highest BCUT2D eigenvalue weighted by molar-refractivity contribution is 5.40. The van der Waals surface area contributed by atoms with E-state index >= 15 is 0 Å². The summed E-state index contributed by atoms with van der Waals surface area (Å²) in [7, 11) is 0. The first-order valence-corrected chi connectivity index (χ1v) is 4.68. The summed E-state index contributed by atoms with van der Waals surface area (Å²) in [5, 5.41) is 8.76. The molecule has 0 aliphatic carbocycles. The van der Waals surface area contributed by atoms with Gasteiger partial charge < -0.3 is 4.74 Å². The summed E-state index contributed by atoms with van der Waals surface area (Å²) in [5.41, 5.74) is 0.0529. The molecule has 1 aromatic carbocycles. The summed E-state index contributed by atoms with van der Waals surface area (Å²) in [6.45, 7) is 0. The first kappa shape index (κ1) is 11.0. The van der Waals surface area contributed by atoms with Crippen LogP contribution in [0.5, 0.6) is 11.5 Å². The zero-order valence-electron chi connectivity index (χ0n) is 8.52. The number of benzene rings is 1. The molecule has 0 atom stereocenters. The fourth-order valence-corrected chi connectivity index (χ4v) is 1.27. The van der Waals surface area contributed by atoms with Crippen molar-refractivity contribution in [1.82, 2.24) is 4.98 Å². The first-order valence-electron chi connectivity index (χ1n) is 4.68. The van der Waals surface area contributed by atoms with Gasteiger partial charge in [-0.3, -0.25) is 0 Å². The highest BCUT2D eigenvalue weighted by Crippen LogP contribution is 2.24. The van der Waals surface area contributed by atoms with Crippen LogP contribution < -0.4 is 4.74 Å². The summed E-state index contributed by atoms with van der Waals surface area (Å²) in [6, 6.07) is 7.66. The van der Waals surface area contributed by atoms with E-state index in [1.165, 1.54) is 12.3 Å². The lowest BCUT2D eigenvalue weighted by Crippen LogP contribution is -1.92. The van der Waals surface area contributed by atoms with Crippen LogP contribution in [0.4, 0.5) is 8.78 Å². The predicted octanol–water partition coefficient (Wildman–Crippen LogP) is 3.02. The van der Waals surface area contributed by atoms with Gasteiger partial charge in [0.1, 0.15) is 23.5 Å². The van der Waals surface area contributed by atoms with Crippen LogP contribution in [0, 0.1) is 23.0 Å². The van der Waals surface area contributed by atoms with Crippen LogP contribution in [-0.2, 0) is 0 Å². The minimum atomic E-state index is -0.748. The van der Waals surface area contributed by atoms with Gasteiger partial charge in [0.25, 0.3) is 0 Å². The Labute approximate surface area is 95.9 Å². The molecule has 0 saturated carbocycles. The van der Waals surface area contributed by atoms with Crippen molar-refractivity contribution < 1.29 is 13.5 Å². The third-order valence-corrected chi connectivity index (χ3v) is 1.94. The first-order chi connectivity index (χ1) is 8.19. The van der Waals surface area contributed by atoms with Gasteiger partial charge in [0.15, 0.2) is 11.4 Å². The van der Waals surface area contributed by atoms with Crippen molar-refractivity contribution in [2.75, 3.05) is 0 Å². The molecule has 0 aliphatic heterocycles. The van der Waals surface area contributed by atoms with E-state index in [0.29, 0.717) is 0 Å². The molecule has 1 heterocycles. The third kappa shape index (κ3) is 2.55. The molecule has 0 unspecified atom stereocenters. The van der Waals surface area contributed by atoms with Gasteiger partial charge in [0.05, 0.1) is 0 Å². The smallest absolute Gasteiger partial charge is 0.183 e. The highest BCUT2D eigenvalue weighted by atomic mass is 19.1. The molecule has 0 N–H and O–H groups in total. The summed E-state index contributed by atoms with van der Waals surface area (Å²) in [6.07, 6.45) is 1.43. The summed E-state index contributed by atoms with van der Waals surface area (Å²) in [4.78, 5) is 3.76. The van der Waals surface area contributed by atoms with Gasteiger partial charge in [-0.1, -0.05) is 0 Å². The standard InChI is InChI=1S/C12H6F2N2O/c13-8-4-9(14)6-10(5-8)17-12-2-1-3-16-11(12)7-15/h1-6H. The van der Waals surface area contributed by atoms with Gasteiger partial charge in [-0.2, -0.15) is 5.26 Å². The van der Waals surface area contributed by atoms with Crippen molar-refractivity contribution in [3.8, 4) is 17.6 Å². The number of nitrogens with zero attached hydrogens (tertiary/aromatic N) is 2. The number of ether oxygens (including phenoxy) is 1. The molecule has 0 aliphatic rings. The summed E-state index contributed by atoms with van der Waals surface area (Å²) < 4.78 is 31.0. The van der Waals surface area contributed by atoms with E-state index < -0.39 is 11.6 Å². The lowest BCUT2D eigenvalue weighted by Gasteiger charge is -2.06. The second-order valence-corrected chi connectivity index (χ2v) is 3.17. The number of nitriles is 1. The lowest BCUT2D eigenvalue weighted by molar-refractivity contribution is 0.464. The van der Waals surface area contributed by atoms with E-state index in [0.717, 1.165) is 18.2 Å². The molecule has 1 aromatic heterocycles. The van der Waals surface area contributed by atoms with E-state index in [4.69, 9.17) is 10.00 Å². The Bertz CT molecular complexity index is 573. The maximum atomic E-state index is 12.9. The average Bonchev–Trinajstić information content (AvgIpc) is 2.28. The third-order valence-electron chi connectivity index (χ3n) is 1.94. The SMILES string of the molecule is N#Cc1ncccc1Oc1cc(F)cc(F)c1. The van der Waals surface area contributed by atoms with Crippen LogP contribution in [0.25, 0.3) is 0 Å². The fraction of sp³-hybridized carbons (Fsp3) is 0. The maximum absolute atomic E-state index is 12.9. The lowest BCUT2D eigenvalue weighted by atomic mass is 10.3. The van der Waals surface area contributed by atoms with Gasteiger partial charge in [-0.15, -0.1) is 0 Å². The molecule has 0 bridgehead atoms. The molecular formula is C12H6F2N2O. The number of aromatic nitrogens is 1. The molecule has 84 valence electrons. The largest absolute Gasteiger partial charge is 0.454 e. The zero-order valence-corrected chi connectivity index (χ0v) is 8.52. The highest BCUT2D eigenvalue weighted by Gasteiger charge is 2.07. The normalized spacial score (nSPS) is 9.71. The Morgan fingerprint density at radius 2 is 1.88 bits per heavy atom. The molecule has 2 rings (SSSR count). The van der Waals surface area contributed by atoms with Crippen molar-refractivity contribution in [2.45, 2.75) is 0 Å². The van der Waals surface area contributed by atoms with Gasteiger partial charge in [0.2, 0.25) is 0 Å². The van der Waals surface area contributed by atoms with Crippen molar-refractivity contribution in [1.29, 1.82) is 5.26 Å². The molecular weight excluding hydrogens is 226 g/mol. The van der Waals surface area contributed by atoms with Crippen LogP contribution in [0.2, 0.25) is 0 Å². The minimum absolute atomic E-state index is 0.0213. The molecule has 3 nitrogen and oxygen atoms in total. The number of rotatable bonds is 2. The van der Waals surface area contributed by atoms with Gasteiger partial charge in [0, 0.05) is 24.4 Å². The fourth-order valence-electron chi connectivity index (χ4n) is 1.27. The summed E-state index contributed by atoms with van der Waals surface area (Å²) >= 11 is 0. The Morgan fingerprint density at radius 1 is 1.18 bits per heavy atom. The quantitative estimate of drug-likeness (QED) is 0.799. The molecule has 0 spiro atoms. The number of hydrogen-bond donors (Lipinski definition) is 0. The monoisotopic (exact) mass is 232 g/mol. The van der Waals surface area contributed by atoms with Crippen molar-refractivity contribution in [3.05, 3.63) is 53.9 Å². The number of hydrogen-bond acceptors (Lipinski definition) is 3. The van der Waals surface area contributed by atoms with Crippen LogP contribution in [0.15, 0.2) is 36.5 Å². The average molecular weight is 232 g/mol. The van der Waals surface area contributed by atoms with E-state index in [1.807, 2.05) is 6.07 Å². The topological polar surface area (TPSA) is 45.9 Å². The predicted molar refractivity (Wildman–Crippen MR) is 55.4 cm³/mol. The van der Waals surface area contributed by atoms with Gasteiger partial charge >= 0.3 is 0 Å². The molecule has 0 radical (unpaired) electrons. The molecule has 2 aromatic rings. The van der Waals surface area contributed by atoms with Gasteiger partial charge in [-0.05, 0) is 12.1 Å². The van der Waals surface area contributed by atoms with Crippen LogP contribution >= 0.6 is 0 Å². The van der Waals surface area contributed by atoms with E-state index in [1.54, 1.807) is 6.07 Å². The Kier molecular flexibility index (Phi) is 2.97.